The predicted molar refractivity (Wildman–Crippen MR) is 75.9 cm³/mol. The van der Waals surface area contributed by atoms with Gasteiger partial charge in [-0.25, -0.2) is 0 Å². The van der Waals surface area contributed by atoms with Crippen LogP contribution in [0.3, 0.4) is 0 Å². The van der Waals surface area contributed by atoms with E-state index in [2.05, 4.69) is 28.3 Å². The molecule has 0 bridgehead atoms. The fourth-order valence-corrected chi connectivity index (χ4v) is 3.46. The molecule has 5 heteroatoms. The molecule has 1 aliphatic carbocycles. The second kappa shape index (κ2) is 4.45. The molecule has 4 rings (SSSR count). The Hall–Kier alpha value is -2.14. The van der Waals surface area contributed by atoms with E-state index in [0.29, 0.717) is 16.6 Å². The first-order valence-electron chi connectivity index (χ1n) is 6.51. The first kappa shape index (κ1) is 11.7. The molecule has 0 radical (unpaired) electrons. The van der Waals surface area contributed by atoms with E-state index >= 15 is 0 Å². The summed E-state index contributed by atoms with van der Waals surface area (Å²) >= 11 is 1.40. The van der Waals surface area contributed by atoms with Crippen LogP contribution in [0.2, 0.25) is 0 Å². The van der Waals surface area contributed by atoms with Gasteiger partial charge >= 0.3 is 0 Å². The van der Waals surface area contributed by atoms with E-state index in [1.54, 1.807) is 11.4 Å². The van der Waals surface area contributed by atoms with Gasteiger partial charge < -0.3 is 9.63 Å². The lowest BCUT2D eigenvalue weighted by atomic mass is 10.0. The molecule has 1 aromatic carbocycles. The Balaban J connectivity index is 1.72. The van der Waals surface area contributed by atoms with Gasteiger partial charge in [0.25, 0.3) is 5.89 Å². The van der Waals surface area contributed by atoms with Crippen LogP contribution in [0.15, 0.2) is 40.2 Å². The monoisotopic (exact) mass is 284 g/mol. The third-order valence-electron chi connectivity index (χ3n) is 3.72. The number of fused-ring (bicyclic) bond motifs is 1. The maximum absolute atomic E-state index is 9.72. The molecule has 1 aliphatic rings. The van der Waals surface area contributed by atoms with Crippen molar-refractivity contribution < 1.29 is 9.63 Å². The maximum atomic E-state index is 9.72. The summed E-state index contributed by atoms with van der Waals surface area (Å²) in [5, 5.41) is 15.6. The summed E-state index contributed by atoms with van der Waals surface area (Å²) in [7, 11) is 0. The molecular formula is C15H12N2O2S. The normalized spacial score (nSPS) is 17.3. The van der Waals surface area contributed by atoms with Crippen LogP contribution in [0.5, 0.6) is 5.75 Å². The van der Waals surface area contributed by atoms with E-state index in [9.17, 15) is 5.11 Å². The van der Waals surface area contributed by atoms with Crippen molar-refractivity contribution in [2.45, 2.75) is 18.8 Å². The average Bonchev–Trinajstić information content (AvgIpc) is 3.15. The number of thiophene rings is 1. The van der Waals surface area contributed by atoms with E-state index in [4.69, 9.17) is 4.52 Å². The Labute approximate surface area is 119 Å². The lowest BCUT2D eigenvalue weighted by Crippen LogP contribution is -1.98. The molecule has 0 saturated heterocycles. The molecule has 0 spiro atoms. The van der Waals surface area contributed by atoms with Crippen molar-refractivity contribution in [1.29, 1.82) is 0 Å². The molecule has 20 heavy (non-hydrogen) atoms. The Kier molecular flexibility index (Phi) is 2.60. The highest BCUT2D eigenvalue weighted by atomic mass is 32.1. The summed E-state index contributed by atoms with van der Waals surface area (Å²) < 4.78 is 5.31. The number of nitrogens with zero attached hydrogens (tertiary/aromatic N) is 2. The van der Waals surface area contributed by atoms with Gasteiger partial charge in [0.15, 0.2) is 5.82 Å². The van der Waals surface area contributed by atoms with Gasteiger partial charge in [-0.3, -0.25) is 0 Å². The average molecular weight is 284 g/mol. The Morgan fingerprint density at radius 2 is 2.15 bits per heavy atom. The van der Waals surface area contributed by atoms with Gasteiger partial charge in [-0.1, -0.05) is 29.4 Å². The Bertz CT molecular complexity index is 763. The van der Waals surface area contributed by atoms with Crippen molar-refractivity contribution in [2.24, 2.45) is 0 Å². The summed E-state index contributed by atoms with van der Waals surface area (Å²) in [5.41, 5.74) is 2.65. The van der Waals surface area contributed by atoms with Crippen LogP contribution in [0.1, 0.15) is 29.3 Å². The van der Waals surface area contributed by atoms with Crippen LogP contribution in [0, 0.1) is 0 Å². The van der Waals surface area contributed by atoms with Crippen molar-refractivity contribution in [3.8, 4) is 16.5 Å². The largest absolute Gasteiger partial charge is 0.506 e. The molecule has 2 heterocycles. The zero-order valence-corrected chi connectivity index (χ0v) is 11.4. The molecule has 0 amide bonds. The molecule has 0 aliphatic heterocycles. The fraction of sp³-hybridized carbons (Fsp3) is 0.200. The van der Waals surface area contributed by atoms with Crippen molar-refractivity contribution in [3.63, 3.8) is 0 Å². The molecule has 1 N–H and O–H groups in total. The van der Waals surface area contributed by atoms with Crippen molar-refractivity contribution in [3.05, 3.63) is 52.7 Å². The summed E-state index contributed by atoms with van der Waals surface area (Å²) in [5.74, 6) is 1.50. The molecule has 1 unspecified atom stereocenters. The van der Waals surface area contributed by atoms with E-state index in [0.717, 1.165) is 12.8 Å². The van der Waals surface area contributed by atoms with E-state index in [-0.39, 0.29) is 11.7 Å². The Morgan fingerprint density at radius 1 is 1.25 bits per heavy atom. The number of hydrogen-bond donors (Lipinski definition) is 1. The zero-order chi connectivity index (χ0) is 13.5. The zero-order valence-electron chi connectivity index (χ0n) is 10.6. The van der Waals surface area contributed by atoms with Gasteiger partial charge in [-0.05, 0) is 35.4 Å². The summed E-state index contributed by atoms with van der Waals surface area (Å²) in [6.45, 7) is 0. The minimum Gasteiger partial charge on any atom is -0.506 e. The van der Waals surface area contributed by atoms with Crippen molar-refractivity contribution in [1.82, 2.24) is 10.1 Å². The number of aromatic nitrogens is 2. The lowest BCUT2D eigenvalue weighted by molar-refractivity contribution is 0.416. The second-order valence-corrected chi connectivity index (χ2v) is 5.80. The van der Waals surface area contributed by atoms with Gasteiger partial charge in [0.2, 0.25) is 0 Å². The van der Waals surface area contributed by atoms with Crippen molar-refractivity contribution in [2.75, 3.05) is 0 Å². The minimum absolute atomic E-state index is 0.192. The summed E-state index contributed by atoms with van der Waals surface area (Å²) in [4.78, 5) is 5.10. The van der Waals surface area contributed by atoms with Crippen LogP contribution in [-0.2, 0) is 6.42 Å². The number of benzene rings is 1. The van der Waals surface area contributed by atoms with Gasteiger partial charge in [0, 0.05) is 5.92 Å². The van der Waals surface area contributed by atoms with E-state index in [1.165, 1.54) is 22.5 Å². The summed E-state index contributed by atoms with van der Waals surface area (Å²) in [6, 6.07) is 10.0. The van der Waals surface area contributed by atoms with Gasteiger partial charge in [0.05, 0.1) is 0 Å². The van der Waals surface area contributed by atoms with Crippen LogP contribution < -0.4 is 0 Å². The molecule has 0 fully saturated rings. The smallest absolute Gasteiger partial charge is 0.271 e. The first-order valence-corrected chi connectivity index (χ1v) is 7.39. The van der Waals surface area contributed by atoms with Gasteiger partial charge in [-0.2, -0.15) is 4.98 Å². The molecule has 1 atom stereocenters. The summed E-state index contributed by atoms with van der Waals surface area (Å²) in [6.07, 6.45) is 2.06. The third kappa shape index (κ3) is 1.74. The second-order valence-electron chi connectivity index (χ2n) is 4.88. The topological polar surface area (TPSA) is 59.2 Å². The molecule has 0 saturated carbocycles. The van der Waals surface area contributed by atoms with E-state index < -0.39 is 0 Å². The molecule has 4 nitrogen and oxygen atoms in total. The molecule has 3 aromatic rings. The quantitative estimate of drug-likeness (QED) is 0.781. The first-order chi connectivity index (χ1) is 9.83. The lowest BCUT2D eigenvalue weighted by Gasteiger charge is -2.05. The third-order valence-corrected chi connectivity index (χ3v) is 4.62. The molecule has 100 valence electrons. The highest BCUT2D eigenvalue weighted by Gasteiger charge is 2.28. The SMILES string of the molecule is Oc1ccsc1-c1nc(C2CCc3ccccc32)no1. The van der Waals surface area contributed by atoms with Gasteiger partial charge in [-0.15, -0.1) is 11.3 Å². The minimum atomic E-state index is 0.192. The number of aryl methyl sites for hydroxylation is 1. The molecular weight excluding hydrogens is 272 g/mol. The maximum Gasteiger partial charge on any atom is 0.271 e. The van der Waals surface area contributed by atoms with Crippen LogP contribution >= 0.6 is 11.3 Å². The van der Waals surface area contributed by atoms with Crippen LogP contribution in [-0.4, -0.2) is 15.2 Å². The standard InChI is InChI=1S/C15H12N2O2S/c18-12-7-8-20-13(12)15-16-14(17-19-15)11-6-5-9-3-1-2-4-10(9)11/h1-4,7-8,11,18H,5-6H2. The fourth-order valence-electron chi connectivity index (χ4n) is 2.76. The highest BCUT2D eigenvalue weighted by molar-refractivity contribution is 7.13. The molecule has 2 aromatic heterocycles. The Morgan fingerprint density at radius 3 is 3.00 bits per heavy atom. The predicted octanol–water partition coefficient (Wildman–Crippen LogP) is 3.58. The number of hydrogen-bond acceptors (Lipinski definition) is 5. The number of aromatic hydroxyl groups is 1. The van der Waals surface area contributed by atoms with E-state index in [1.807, 2.05) is 6.07 Å². The van der Waals surface area contributed by atoms with Crippen LogP contribution in [0.4, 0.5) is 0 Å². The van der Waals surface area contributed by atoms with Gasteiger partial charge in [0.1, 0.15) is 10.6 Å². The highest BCUT2D eigenvalue weighted by Crippen LogP contribution is 2.39. The van der Waals surface area contributed by atoms with Crippen LogP contribution in [0.25, 0.3) is 10.8 Å². The van der Waals surface area contributed by atoms with Crippen molar-refractivity contribution >= 4 is 11.3 Å². The number of rotatable bonds is 2.